The van der Waals surface area contributed by atoms with Gasteiger partial charge in [-0.3, -0.25) is 0 Å². The summed E-state index contributed by atoms with van der Waals surface area (Å²) in [6.45, 7) is 14.4. The van der Waals surface area contributed by atoms with Gasteiger partial charge in [0.25, 0.3) is 0 Å². The molecule has 1 aliphatic heterocycles. The Morgan fingerprint density at radius 1 is 1.06 bits per heavy atom. The molecule has 0 unspecified atom stereocenters. The smallest absolute Gasteiger partial charge is 0.0882 e. The van der Waals surface area contributed by atoms with Crippen LogP contribution >= 0.6 is 0 Å². The van der Waals surface area contributed by atoms with E-state index in [1.165, 1.54) is 16.9 Å². The van der Waals surface area contributed by atoms with Gasteiger partial charge in [0, 0.05) is 5.54 Å². The number of nitrogens with zero attached hydrogens (tertiary/aromatic N) is 1. The zero-order valence-corrected chi connectivity index (χ0v) is 11.9. The summed E-state index contributed by atoms with van der Waals surface area (Å²) < 4.78 is 0. The Morgan fingerprint density at radius 2 is 1.71 bits per heavy atom. The Labute approximate surface area is 105 Å². The Hall–Kier alpha value is -1.18. The van der Waals surface area contributed by atoms with Gasteiger partial charge in [-0.25, -0.2) is 0 Å². The average Bonchev–Trinajstić information content (AvgIpc) is 2.57. The molecule has 0 spiro atoms. The molecular weight excluding hydrogens is 208 g/mol. The Balaban J connectivity index is 2.39. The minimum Gasteiger partial charge on any atom is -0.366 e. The fourth-order valence-electron chi connectivity index (χ4n) is 2.23. The van der Waals surface area contributed by atoms with Gasteiger partial charge in [-0.1, -0.05) is 26.8 Å². The molecular formula is C15H24N2. The summed E-state index contributed by atoms with van der Waals surface area (Å²) >= 11 is 0. The van der Waals surface area contributed by atoms with Crippen molar-refractivity contribution in [2.24, 2.45) is 0 Å². The molecule has 2 heteroatoms. The van der Waals surface area contributed by atoms with E-state index in [4.69, 9.17) is 0 Å². The van der Waals surface area contributed by atoms with E-state index >= 15 is 0 Å². The summed E-state index contributed by atoms with van der Waals surface area (Å²) in [5.41, 5.74) is 4.37. The van der Waals surface area contributed by atoms with Crippen LogP contribution < -0.4 is 10.2 Å². The molecule has 0 fully saturated rings. The van der Waals surface area contributed by atoms with Gasteiger partial charge in [0.2, 0.25) is 0 Å². The molecule has 1 aliphatic rings. The molecule has 1 N–H and O–H groups in total. The second-order valence-electron chi connectivity index (χ2n) is 6.92. The predicted molar refractivity (Wildman–Crippen MR) is 75.9 cm³/mol. The molecule has 2 rings (SSSR count). The normalized spacial score (nSPS) is 15.8. The third kappa shape index (κ3) is 2.26. The highest BCUT2D eigenvalue weighted by molar-refractivity contribution is 5.76. The van der Waals surface area contributed by atoms with Gasteiger partial charge in [0.05, 0.1) is 18.0 Å². The molecule has 0 radical (unpaired) electrons. The van der Waals surface area contributed by atoms with Crippen LogP contribution in [0.1, 0.15) is 47.1 Å². The van der Waals surface area contributed by atoms with Crippen LogP contribution in [0.25, 0.3) is 0 Å². The van der Waals surface area contributed by atoms with Crippen molar-refractivity contribution in [3.05, 3.63) is 23.8 Å². The number of hydrogen-bond donors (Lipinski definition) is 1. The predicted octanol–water partition coefficient (Wildman–Crippen LogP) is 3.97. The maximum atomic E-state index is 3.50. The minimum atomic E-state index is 0.168. The highest BCUT2D eigenvalue weighted by Gasteiger charge is 2.29. The van der Waals surface area contributed by atoms with Crippen LogP contribution in [-0.4, -0.2) is 12.2 Å². The van der Waals surface area contributed by atoms with E-state index in [9.17, 15) is 0 Å². The van der Waals surface area contributed by atoms with E-state index in [0.717, 1.165) is 6.67 Å². The van der Waals surface area contributed by atoms with Crippen LogP contribution in [0.3, 0.4) is 0 Å². The van der Waals surface area contributed by atoms with E-state index in [1.807, 2.05) is 0 Å². The molecule has 0 saturated heterocycles. The number of nitrogens with one attached hydrogen (secondary N) is 1. The number of fused-ring (bicyclic) bond motifs is 1. The lowest BCUT2D eigenvalue weighted by molar-refractivity contribution is 0.524. The minimum absolute atomic E-state index is 0.168. The van der Waals surface area contributed by atoms with Crippen molar-refractivity contribution in [1.29, 1.82) is 0 Å². The van der Waals surface area contributed by atoms with Crippen molar-refractivity contribution in [3.8, 4) is 0 Å². The van der Waals surface area contributed by atoms with Crippen molar-refractivity contribution in [3.63, 3.8) is 0 Å². The third-order valence-electron chi connectivity index (χ3n) is 3.39. The summed E-state index contributed by atoms with van der Waals surface area (Å²) in [6.07, 6.45) is 0. The van der Waals surface area contributed by atoms with Gasteiger partial charge in [-0.2, -0.15) is 0 Å². The second kappa shape index (κ2) is 3.66. The summed E-state index contributed by atoms with van der Waals surface area (Å²) in [6, 6.07) is 6.80. The molecule has 1 aromatic rings. The lowest BCUT2D eigenvalue weighted by Gasteiger charge is -2.33. The zero-order chi connectivity index (χ0) is 12.8. The molecule has 1 heterocycles. The highest BCUT2D eigenvalue weighted by atomic mass is 15.3. The molecule has 94 valence electrons. The maximum absolute atomic E-state index is 3.50. The number of hydrogen-bond acceptors (Lipinski definition) is 2. The van der Waals surface area contributed by atoms with E-state index in [2.05, 4.69) is 70.0 Å². The monoisotopic (exact) mass is 232 g/mol. The van der Waals surface area contributed by atoms with Crippen LogP contribution in [0.4, 0.5) is 11.4 Å². The first kappa shape index (κ1) is 12.3. The molecule has 0 aromatic heterocycles. The van der Waals surface area contributed by atoms with Gasteiger partial charge in [0.1, 0.15) is 0 Å². The van der Waals surface area contributed by atoms with Crippen molar-refractivity contribution < 1.29 is 0 Å². The molecule has 2 nitrogen and oxygen atoms in total. The van der Waals surface area contributed by atoms with Crippen LogP contribution in [0.2, 0.25) is 0 Å². The van der Waals surface area contributed by atoms with Crippen LogP contribution in [-0.2, 0) is 5.41 Å². The SMILES string of the molecule is CC(C)(C)c1ccc2c(c1)NCN2C(C)(C)C. The van der Waals surface area contributed by atoms with Crippen molar-refractivity contribution in [2.45, 2.75) is 52.5 Å². The fourth-order valence-corrected chi connectivity index (χ4v) is 2.23. The van der Waals surface area contributed by atoms with E-state index in [-0.39, 0.29) is 11.0 Å². The molecule has 0 saturated carbocycles. The van der Waals surface area contributed by atoms with Gasteiger partial charge in [0.15, 0.2) is 0 Å². The molecule has 0 aliphatic carbocycles. The first-order valence-electron chi connectivity index (χ1n) is 6.36. The summed E-state index contributed by atoms with van der Waals surface area (Å²) in [5.74, 6) is 0. The summed E-state index contributed by atoms with van der Waals surface area (Å²) in [4.78, 5) is 2.41. The number of benzene rings is 1. The van der Waals surface area contributed by atoms with Crippen molar-refractivity contribution in [2.75, 3.05) is 16.9 Å². The molecule has 1 aromatic carbocycles. The van der Waals surface area contributed by atoms with Gasteiger partial charge in [-0.15, -0.1) is 0 Å². The maximum Gasteiger partial charge on any atom is 0.0882 e. The van der Waals surface area contributed by atoms with Crippen molar-refractivity contribution >= 4 is 11.4 Å². The molecule has 0 bridgehead atoms. The lowest BCUT2D eigenvalue weighted by atomic mass is 9.86. The molecule has 17 heavy (non-hydrogen) atoms. The standard InChI is InChI=1S/C15H24N2/c1-14(2,3)11-7-8-13-12(9-11)16-10-17(13)15(4,5)6/h7-9,16H,10H2,1-6H3. The van der Waals surface area contributed by atoms with Gasteiger partial charge >= 0.3 is 0 Å². The third-order valence-corrected chi connectivity index (χ3v) is 3.39. The van der Waals surface area contributed by atoms with Crippen molar-refractivity contribution in [1.82, 2.24) is 0 Å². The first-order chi connectivity index (χ1) is 7.69. The highest BCUT2D eigenvalue weighted by Crippen LogP contribution is 2.38. The number of anilines is 2. The Morgan fingerprint density at radius 3 is 2.24 bits per heavy atom. The van der Waals surface area contributed by atoms with Crippen LogP contribution in [0.5, 0.6) is 0 Å². The molecule has 0 atom stereocenters. The van der Waals surface area contributed by atoms with Crippen LogP contribution in [0, 0.1) is 0 Å². The average molecular weight is 232 g/mol. The van der Waals surface area contributed by atoms with Crippen LogP contribution in [0.15, 0.2) is 18.2 Å². The fraction of sp³-hybridized carbons (Fsp3) is 0.600. The lowest BCUT2D eigenvalue weighted by Crippen LogP contribution is -2.41. The summed E-state index contributed by atoms with van der Waals surface area (Å²) in [5, 5.41) is 3.50. The van der Waals surface area contributed by atoms with Gasteiger partial charge < -0.3 is 10.2 Å². The van der Waals surface area contributed by atoms with E-state index in [1.54, 1.807) is 0 Å². The Kier molecular flexibility index (Phi) is 2.64. The zero-order valence-electron chi connectivity index (χ0n) is 11.9. The topological polar surface area (TPSA) is 15.3 Å². The second-order valence-corrected chi connectivity index (χ2v) is 6.92. The van der Waals surface area contributed by atoms with E-state index in [0.29, 0.717) is 0 Å². The van der Waals surface area contributed by atoms with E-state index < -0.39 is 0 Å². The quantitative estimate of drug-likeness (QED) is 0.728. The summed E-state index contributed by atoms with van der Waals surface area (Å²) in [7, 11) is 0. The van der Waals surface area contributed by atoms with Gasteiger partial charge in [-0.05, 0) is 43.9 Å². The largest absolute Gasteiger partial charge is 0.366 e. The number of rotatable bonds is 0. The first-order valence-corrected chi connectivity index (χ1v) is 6.36. The Bertz CT molecular complexity index is 422. The molecule has 0 amide bonds.